The summed E-state index contributed by atoms with van der Waals surface area (Å²) in [6.45, 7) is 4.45. The lowest BCUT2D eigenvalue weighted by Crippen LogP contribution is -2.36. The summed E-state index contributed by atoms with van der Waals surface area (Å²) in [5.41, 5.74) is 8.11. The third kappa shape index (κ3) is 12.3. The Kier molecular flexibility index (Phi) is 14.7. The molecule has 12 nitrogen and oxygen atoms in total. The molecule has 2 heterocycles. The van der Waals surface area contributed by atoms with E-state index in [0.29, 0.717) is 77.6 Å². The van der Waals surface area contributed by atoms with Crippen molar-refractivity contribution in [1.82, 2.24) is 16.0 Å². The molecule has 2 fully saturated rings. The van der Waals surface area contributed by atoms with Crippen molar-refractivity contribution in [3.63, 3.8) is 0 Å². The van der Waals surface area contributed by atoms with Crippen LogP contribution in [0.3, 0.4) is 0 Å². The Morgan fingerprint density at radius 3 is 2.39 bits per heavy atom. The maximum absolute atomic E-state index is 11.9. The first-order valence-electron chi connectivity index (χ1n) is 11.5. The summed E-state index contributed by atoms with van der Waals surface area (Å²) in [5, 5.41) is 12.6. The van der Waals surface area contributed by atoms with Gasteiger partial charge in [-0.2, -0.15) is 11.8 Å². The van der Waals surface area contributed by atoms with Crippen LogP contribution in [-0.4, -0.2) is 101 Å². The molecule has 2 saturated heterocycles. The molecule has 3 N–H and O–H groups in total. The molecule has 0 spiro atoms. The maximum atomic E-state index is 11.9. The highest BCUT2D eigenvalue weighted by Crippen LogP contribution is 2.33. The zero-order chi connectivity index (χ0) is 23.6. The Morgan fingerprint density at radius 2 is 1.70 bits per heavy atom. The number of nitrogens with zero attached hydrogens (tertiary/aromatic N) is 3. The number of hydrogen-bond acceptors (Lipinski definition) is 8. The smallest absolute Gasteiger partial charge is 0.315 e. The lowest BCUT2D eigenvalue weighted by molar-refractivity contribution is -0.121. The molecule has 188 valence electrons. The first kappa shape index (κ1) is 27.5. The van der Waals surface area contributed by atoms with Crippen molar-refractivity contribution in [3.8, 4) is 0 Å². The zero-order valence-corrected chi connectivity index (χ0v) is 19.9. The van der Waals surface area contributed by atoms with E-state index in [1.807, 2.05) is 11.8 Å². The van der Waals surface area contributed by atoms with Gasteiger partial charge in [0.25, 0.3) is 0 Å². The van der Waals surface area contributed by atoms with Gasteiger partial charge in [-0.25, -0.2) is 4.79 Å². The average Bonchev–Trinajstić information content (AvgIpc) is 3.35. The van der Waals surface area contributed by atoms with Gasteiger partial charge in [-0.3, -0.25) is 4.79 Å². The molecule has 2 rings (SSSR count). The van der Waals surface area contributed by atoms with Crippen molar-refractivity contribution in [2.75, 3.05) is 71.7 Å². The molecule has 0 aromatic carbocycles. The van der Waals surface area contributed by atoms with Crippen molar-refractivity contribution in [3.05, 3.63) is 10.4 Å². The van der Waals surface area contributed by atoms with E-state index in [2.05, 4.69) is 26.0 Å². The molecule has 2 aliphatic heterocycles. The first-order valence-corrected chi connectivity index (χ1v) is 12.5. The highest BCUT2D eigenvalue weighted by atomic mass is 32.2. The van der Waals surface area contributed by atoms with Crippen molar-refractivity contribution < 1.29 is 28.5 Å². The number of carbonyl (C=O) groups excluding carboxylic acids is 2. The van der Waals surface area contributed by atoms with Gasteiger partial charge in [-0.15, -0.1) is 0 Å². The van der Waals surface area contributed by atoms with E-state index >= 15 is 0 Å². The van der Waals surface area contributed by atoms with Gasteiger partial charge in [-0.05, 0) is 18.4 Å². The third-order valence-corrected chi connectivity index (χ3v) is 6.67. The molecule has 33 heavy (non-hydrogen) atoms. The van der Waals surface area contributed by atoms with Gasteiger partial charge < -0.3 is 34.9 Å². The van der Waals surface area contributed by atoms with Crippen LogP contribution in [0, 0.1) is 0 Å². The number of hydrogen-bond donors (Lipinski definition) is 3. The molecule has 0 aliphatic carbocycles. The summed E-state index contributed by atoms with van der Waals surface area (Å²) in [5.74, 6) is 1.01. The number of amides is 3. The Hall–Kier alpha value is -1.76. The van der Waals surface area contributed by atoms with Gasteiger partial charge in [0.2, 0.25) is 5.91 Å². The average molecular weight is 489 g/mol. The molecule has 0 bridgehead atoms. The SMILES string of the molecule is [N-]=[N+]=NCCOCCOCCOCCOCCNC(=O)CCCC[C@@H]1SC[C@@H]2NC(=O)N[C@H]21. The first-order chi connectivity index (χ1) is 16.2. The molecule has 0 aromatic rings. The summed E-state index contributed by atoms with van der Waals surface area (Å²) in [7, 11) is 0. The lowest BCUT2D eigenvalue weighted by atomic mass is 10.0. The predicted octanol–water partition coefficient (Wildman–Crippen LogP) is 1.21. The third-order valence-electron chi connectivity index (χ3n) is 5.16. The topological polar surface area (TPSA) is 156 Å². The van der Waals surface area contributed by atoms with E-state index in [-0.39, 0.29) is 24.0 Å². The number of thioether (sulfide) groups is 1. The van der Waals surface area contributed by atoms with Crippen LogP contribution in [0.1, 0.15) is 25.7 Å². The number of ether oxygens (including phenoxy) is 4. The largest absolute Gasteiger partial charge is 0.379 e. The quantitative estimate of drug-likeness (QED) is 0.0764. The second-order valence-corrected chi connectivity index (χ2v) is 8.89. The van der Waals surface area contributed by atoms with Gasteiger partial charge >= 0.3 is 6.03 Å². The minimum atomic E-state index is -0.0594. The van der Waals surface area contributed by atoms with Crippen LogP contribution in [0.15, 0.2) is 5.11 Å². The van der Waals surface area contributed by atoms with Crippen molar-refractivity contribution >= 4 is 23.7 Å². The molecule has 0 saturated carbocycles. The summed E-state index contributed by atoms with van der Waals surface area (Å²) in [6.07, 6.45) is 3.35. The van der Waals surface area contributed by atoms with Crippen LogP contribution >= 0.6 is 11.8 Å². The molecule has 13 heteroatoms. The molecule has 3 atom stereocenters. The minimum Gasteiger partial charge on any atom is -0.379 e. The van der Waals surface area contributed by atoms with E-state index < -0.39 is 0 Å². The number of fused-ring (bicyclic) bond motifs is 1. The van der Waals surface area contributed by atoms with Crippen LogP contribution in [0.25, 0.3) is 10.4 Å². The van der Waals surface area contributed by atoms with Gasteiger partial charge in [0.05, 0.1) is 64.9 Å². The maximum Gasteiger partial charge on any atom is 0.315 e. The van der Waals surface area contributed by atoms with Crippen molar-refractivity contribution in [2.24, 2.45) is 5.11 Å². The minimum absolute atomic E-state index is 0.0431. The molecule has 3 amide bonds. The number of urea groups is 1. The van der Waals surface area contributed by atoms with Gasteiger partial charge in [0.15, 0.2) is 0 Å². The summed E-state index contributed by atoms with van der Waals surface area (Å²) >= 11 is 1.90. The fourth-order valence-corrected chi connectivity index (χ4v) is 5.08. The van der Waals surface area contributed by atoms with E-state index in [9.17, 15) is 9.59 Å². The van der Waals surface area contributed by atoms with Crippen LogP contribution < -0.4 is 16.0 Å². The molecule has 0 radical (unpaired) electrons. The second kappa shape index (κ2) is 17.7. The van der Waals surface area contributed by atoms with Gasteiger partial charge in [0.1, 0.15) is 0 Å². The molecule has 2 aliphatic rings. The summed E-state index contributed by atoms with van der Waals surface area (Å²) in [4.78, 5) is 25.9. The number of rotatable bonds is 20. The Balaban J connectivity index is 1.28. The molecular weight excluding hydrogens is 452 g/mol. The summed E-state index contributed by atoms with van der Waals surface area (Å²) < 4.78 is 21.4. The Bertz CT molecular complexity index is 624. The second-order valence-electron chi connectivity index (χ2n) is 7.62. The fraction of sp³-hybridized carbons (Fsp3) is 0.900. The number of unbranched alkanes of at least 4 members (excludes halogenated alkanes) is 1. The Labute approximate surface area is 198 Å². The van der Waals surface area contributed by atoms with Crippen LogP contribution in [0.5, 0.6) is 0 Å². The van der Waals surface area contributed by atoms with Gasteiger partial charge in [0, 0.05) is 35.4 Å². The number of nitrogens with one attached hydrogen (secondary N) is 3. The van der Waals surface area contributed by atoms with Crippen molar-refractivity contribution in [2.45, 2.75) is 43.0 Å². The monoisotopic (exact) mass is 488 g/mol. The predicted molar refractivity (Wildman–Crippen MR) is 124 cm³/mol. The van der Waals surface area contributed by atoms with E-state index in [4.69, 9.17) is 24.5 Å². The van der Waals surface area contributed by atoms with E-state index in [1.54, 1.807) is 0 Å². The normalized spacial score (nSPS) is 21.2. The van der Waals surface area contributed by atoms with Crippen molar-refractivity contribution in [1.29, 1.82) is 0 Å². The molecule has 0 aromatic heterocycles. The molecular formula is C20H36N6O6S. The highest BCUT2D eigenvalue weighted by Gasteiger charge is 2.42. The Morgan fingerprint density at radius 1 is 1.03 bits per heavy atom. The van der Waals surface area contributed by atoms with Gasteiger partial charge in [-0.1, -0.05) is 11.5 Å². The van der Waals surface area contributed by atoms with Crippen LogP contribution in [-0.2, 0) is 23.7 Å². The van der Waals surface area contributed by atoms with E-state index in [1.165, 1.54) is 0 Å². The van der Waals surface area contributed by atoms with Crippen LogP contribution in [0.2, 0.25) is 0 Å². The van der Waals surface area contributed by atoms with E-state index in [0.717, 1.165) is 25.0 Å². The van der Waals surface area contributed by atoms with Crippen LogP contribution in [0.4, 0.5) is 4.79 Å². The molecule has 0 unspecified atom stereocenters. The lowest BCUT2D eigenvalue weighted by Gasteiger charge is -2.16. The number of carbonyl (C=O) groups is 2. The number of azide groups is 1. The standard InChI is InChI=1S/C20H36N6O6S/c21-26-23-6-8-30-10-12-32-14-13-31-11-9-29-7-5-22-18(27)4-2-1-3-17-19-16(15-33-17)24-20(28)25-19/h16-17,19H,1-15H2,(H,22,27)(H2,24,25,28)/t16-,17-,19+/m0/s1. The fourth-order valence-electron chi connectivity index (χ4n) is 3.54. The summed E-state index contributed by atoms with van der Waals surface area (Å²) in [6, 6.07) is 0.422. The zero-order valence-electron chi connectivity index (χ0n) is 19.0. The highest BCUT2D eigenvalue weighted by molar-refractivity contribution is 8.00.